The number of para-hydroxylation sites is 1. The lowest BCUT2D eigenvalue weighted by Crippen LogP contribution is -2.29. The van der Waals surface area contributed by atoms with Crippen molar-refractivity contribution in [2.24, 2.45) is 5.92 Å². The van der Waals surface area contributed by atoms with Gasteiger partial charge in [0.15, 0.2) is 0 Å². The van der Waals surface area contributed by atoms with Crippen molar-refractivity contribution in [1.82, 2.24) is 10.6 Å². The summed E-state index contributed by atoms with van der Waals surface area (Å²) in [6, 6.07) is 16.1. The van der Waals surface area contributed by atoms with E-state index in [-0.39, 0.29) is 24.2 Å². The number of halogens is 1. The summed E-state index contributed by atoms with van der Waals surface area (Å²) in [7, 11) is 0. The summed E-state index contributed by atoms with van der Waals surface area (Å²) in [4.78, 5) is 12.2. The van der Waals surface area contributed by atoms with E-state index in [4.69, 9.17) is 4.74 Å². The molecular weight excluding hydrogens is 336 g/mol. The van der Waals surface area contributed by atoms with Gasteiger partial charge in [0.2, 0.25) is 5.91 Å². The Morgan fingerprint density at radius 1 is 1.16 bits per heavy atom. The zero-order valence-electron chi connectivity index (χ0n) is 14.5. The summed E-state index contributed by atoms with van der Waals surface area (Å²) in [6.45, 7) is 4.93. The van der Waals surface area contributed by atoms with Crippen LogP contribution >= 0.6 is 12.4 Å². The molecule has 4 nitrogen and oxygen atoms in total. The van der Waals surface area contributed by atoms with Gasteiger partial charge in [0.05, 0.1) is 6.61 Å². The number of nitrogens with one attached hydrogen (secondary N) is 2. The lowest BCUT2D eigenvalue weighted by atomic mass is 10.1. The molecule has 1 aliphatic heterocycles. The lowest BCUT2D eigenvalue weighted by Gasteiger charge is -2.13. The van der Waals surface area contributed by atoms with Crippen molar-refractivity contribution in [3.05, 3.63) is 65.2 Å². The molecule has 0 bridgehead atoms. The van der Waals surface area contributed by atoms with Gasteiger partial charge in [-0.3, -0.25) is 4.79 Å². The standard InChI is InChI=1S/C20H24N2O2.ClH/c1-15(9-10-24-19-5-3-2-4-6-19)20(23)22-12-16-7-8-17-13-21-14-18(17)11-16;/h2-8,11,15,21H,9-10,12-14H2,1H3,(H,22,23);1H. The molecule has 25 heavy (non-hydrogen) atoms. The fourth-order valence-corrected chi connectivity index (χ4v) is 2.82. The summed E-state index contributed by atoms with van der Waals surface area (Å²) < 4.78 is 5.65. The minimum absolute atomic E-state index is 0. The minimum Gasteiger partial charge on any atom is -0.494 e. The maximum Gasteiger partial charge on any atom is 0.223 e. The van der Waals surface area contributed by atoms with Gasteiger partial charge in [0.25, 0.3) is 0 Å². The van der Waals surface area contributed by atoms with Crippen molar-refractivity contribution in [3.8, 4) is 5.75 Å². The fraction of sp³-hybridized carbons (Fsp3) is 0.350. The summed E-state index contributed by atoms with van der Waals surface area (Å²) >= 11 is 0. The number of rotatable bonds is 7. The first kappa shape index (κ1) is 19.3. The van der Waals surface area contributed by atoms with Crippen LogP contribution in [0.5, 0.6) is 5.75 Å². The van der Waals surface area contributed by atoms with Crippen LogP contribution in [0.2, 0.25) is 0 Å². The molecule has 1 aliphatic rings. The average Bonchev–Trinajstić information content (AvgIpc) is 3.08. The molecule has 1 unspecified atom stereocenters. The molecule has 1 atom stereocenters. The second kappa shape index (κ2) is 9.44. The van der Waals surface area contributed by atoms with Gasteiger partial charge in [-0.2, -0.15) is 0 Å². The van der Waals surface area contributed by atoms with Crippen LogP contribution in [0.25, 0.3) is 0 Å². The second-order valence-electron chi connectivity index (χ2n) is 6.28. The van der Waals surface area contributed by atoms with E-state index in [0.717, 1.165) is 24.4 Å². The van der Waals surface area contributed by atoms with Crippen LogP contribution in [0.15, 0.2) is 48.5 Å². The number of hydrogen-bond donors (Lipinski definition) is 2. The van der Waals surface area contributed by atoms with E-state index in [1.54, 1.807) is 0 Å². The maximum absolute atomic E-state index is 12.2. The normalized spacial score (nSPS) is 13.5. The van der Waals surface area contributed by atoms with Gasteiger partial charge in [-0.1, -0.05) is 43.3 Å². The number of fused-ring (bicyclic) bond motifs is 1. The van der Waals surface area contributed by atoms with Crippen LogP contribution in [-0.2, 0) is 24.4 Å². The Labute approximate surface area is 155 Å². The molecule has 0 saturated heterocycles. The average molecular weight is 361 g/mol. The number of carbonyl (C=O) groups is 1. The highest BCUT2D eigenvalue weighted by molar-refractivity contribution is 5.85. The lowest BCUT2D eigenvalue weighted by molar-refractivity contribution is -0.125. The highest BCUT2D eigenvalue weighted by Gasteiger charge is 2.14. The number of carbonyl (C=O) groups excluding carboxylic acids is 1. The van der Waals surface area contributed by atoms with Gasteiger partial charge in [-0.15, -0.1) is 12.4 Å². The summed E-state index contributed by atoms with van der Waals surface area (Å²) in [5.41, 5.74) is 3.85. The number of benzene rings is 2. The smallest absolute Gasteiger partial charge is 0.223 e. The fourth-order valence-electron chi connectivity index (χ4n) is 2.82. The van der Waals surface area contributed by atoms with Gasteiger partial charge in [0.1, 0.15) is 5.75 Å². The van der Waals surface area contributed by atoms with E-state index >= 15 is 0 Å². The molecule has 1 heterocycles. The molecule has 0 spiro atoms. The third kappa shape index (κ3) is 5.48. The Morgan fingerprint density at radius 2 is 1.92 bits per heavy atom. The summed E-state index contributed by atoms with van der Waals surface area (Å²) in [5, 5.41) is 6.36. The van der Waals surface area contributed by atoms with Crippen LogP contribution in [0.3, 0.4) is 0 Å². The summed E-state index contributed by atoms with van der Waals surface area (Å²) in [6.07, 6.45) is 0.703. The third-order valence-electron chi connectivity index (χ3n) is 4.38. The molecule has 3 rings (SSSR count). The monoisotopic (exact) mass is 360 g/mol. The molecule has 0 fully saturated rings. The molecule has 0 aliphatic carbocycles. The van der Waals surface area contributed by atoms with Gasteiger partial charge in [0, 0.05) is 25.6 Å². The first-order valence-corrected chi connectivity index (χ1v) is 8.49. The zero-order chi connectivity index (χ0) is 16.8. The van der Waals surface area contributed by atoms with Crippen molar-refractivity contribution in [2.45, 2.75) is 33.0 Å². The highest BCUT2D eigenvalue weighted by Crippen LogP contribution is 2.17. The maximum atomic E-state index is 12.2. The van der Waals surface area contributed by atoms with Gasteiger partial charge in [-0.05, 0) is 35.2 Å². The molecular formula is C20H25ClN2O2. The summed E-state index contributed by atoms with van der Waals surface area (Å²) in [5.74, 6) is 0.854. The van der Waals surface area contributed by atoms with Crippen molar-refractivity contribution in [1.29, 1.82) is 0 Å². The predicted molar refractivity (Wildman–Crippen MR) is 102 cm³/mol. The second-order valence-corrected chi connectivity index (χ2v) is 6.28. The molecule has 0 saturated carbocycles. The Kier molecular flexibility index (Phi) is 7.29. The first-order chi connectivity index (χ1) is 11.7. The topological polar surface area (TPSA) is 50.4 Å². The molecule has 0 aromatic heterocycles. The molecule has 2 N–H and O–H groups in total. The van der Waals surface area contributed by atoms with Crippen LogP contribution in [0.1, 0.15) is 30.0 Å². The Bertz CT molecular complexity index is 691. The Morgan fingerprint density at radius 3 is 2.72 bits per heavy atom. The molecule has 2 aromatic rings. The molecule has 2 aromatic carbocycles. The zero-order valence-corrected chi connectivity index (χ0v) is 15.3. The quantitative estimate of drug-likeness (QED) is 0.795. The molecule has 0 radical (unpaired) electrons. The Balaban J connectivity index is 0.00000225. The van der Waals surface area contributed by atoms with E-state index in [9.17, 15) is 4.79 Å². The van der Waals surface area contributed by atoms with Crippen LogP contribution in [-0.4, -0.2) is 12.5 Å². The largest absolute Gasteiger partial charge is 0.494 e. The molecule has 1 amide bonds. The van der Waals surface area contributed by atoms with Crippen molar-refractivity contribution < 1.29 is 9.53 Å². The molecule has 134 valence electrons. The van der Waals surface area contributed by atoms with E-state index in [0.29, 0.717) is 19.6 Å². The van der Waals surface area contributed by atoms with E-state index in [1.165, 1.54) is 11.1 Å². The number of amides is 1. The minimum atomic E-state index is -0.0650. The van der Waals surface area contributed by atoms with Crippen LogP contribution in [0.4, 0.5) is 0 Å². The van der Waals surface area contributed by atoms with E-state index < -0.39 is 0 Å². The SMILES string of the molecule is CC(CCOc1ccccc1)C(=O)NCc1ccc2c(c1)CNC2.Cl. The van der Waals surface area contributed by atoms with E-state index in [1.807, 2.05) is 37.3 Å². The highest BCUT2D eigenvalue weighted by atomic mass is 35.5. The van der Waals surface area contributed by atoms with Crippen molar-refractivity contribution >= 4 is 18.3 Å². The molecule has 5 heteroatoms. The number of ether oxygens (including phenoxy) is 1. The van der Waals surface area contributed by atoms with Crippen LogP contribution in [0, 0.1) is 5.92 Å². The van der Waals surface area contributed by atoms with Crippen molar-refractivity contribution in [3.63, 3.8) is 0 Å². The van der Waals surface area contributed by atoms with Gasteiger partial charge >= 0.3 is 0 Å². The first-order valence-electron chi connectivity index (χ1n) is 8.49. The van der Waals surface area contributed by atoms with E-state index in [2.05, 4.69) is 28.8 Å². The van der Waals surface area contributed by atoms with Gasteiger partial charge in [-0.25, -0.2) is 0 Å². The number of hydrogen-bond acceptors (Lipinski definition) is 3. The van der Waals surface area contributed by atoms with Gasteiger partial charge < -0.3 is 15.4 Å². The van der Waals surface area contributed by atoms with Crippen LogP contribution < -0.4 is 15.4 Å². The third-order valence-corrected chi connectivity index (χ3v) is 4.38. The van der Waals surface area contributed by atoms with Crippen molar-refractivity contribution in [2.75, 3.05) is 6.61 Å². The Hall–Kier alpha value is -2.04. The predicted octanol–water partition coefficient (Wildman–Crippen LogP) is 3.43.